The van der Waals surface area contributed by atoms with E-state index in [1.54, 1.807) is 32.1 Å². The zero-order valence-corrected chi connectivity index (χ0v) is 19.1. The van der Waals surface area contributed by atoms with Crippen molar-refractivity contribution in [2.45, 2.75) is 50.8 Å². The molecule has 1 aliphatic heterocycles. The van der Waals surface area contributed by atoms with E-state index in [-0.39, 0.29) is 0 Å². The van der Waals surface area contributed by atoms with Gasteiger partial charge in [-0.25, -0.2) is 0 Å². The summed E-state index contributed by atoms with van der Waals surface area (Å²) >= 11 is 4.08. The number of fused-ring (bicyclic) bond motifs is 4. The Morgan fingerprint density at radius 1 is 0.759 bits per heavy atom. The lowest BCUT2D eigenvalue weighted by Crippen LogP contribution is -2.30. The van der Waals surface area contributed by atoms with Gasteiger partial charge in [0.05, 0.1) is 0 Å². The lowest BCUT2D eigenvalue weighted by atomic mass is 9.64. The van der Waals surface area contributed by atoms with E-state index < -0.39 is 0 Å². The van der Waals surface area contributed by atoms with Crippen LogP contribution in [0, 0.1) is 11.8 Å². The largest absolute Gasteiger partial charge is 0.139 e. The minimum Gasteiger partial charge on any atom is -0.139 e. The van der Waals surface area contributed by atoms with E-state index in [1.807, 2.05) is 23.1 Å². The van der Waals surface area contributed by atoms with E-state index >= 15 is 0 Å². The SMILES string of the molecule is CC1C2=C(Cc3ccccc3S2)C(C)C2=C1C(C)c1sc3ccccc3c1C2C. The molecule has 146 valence electrons. The summed E-state index contributed by atoms with van der Waals surface area (Å²) in [5.74, 6) is 2.12. The summed E-state index contributed by atoms with van der Waals surface area (Å²) in [6.07, 6.45) is 1.12. The zero-order valence-electron chi connectivity index (χ0n) is 17.5. The molecule has 4 atom stereocenters. The molecule has 1 aromatic heterocycles. The fraction of sp³-hybridized carbons (Fsp3) is 0.333. The third kappa shape index (κ3) is 2.39. The molecule has 4 unspecified atom stereocenters. The lowest BCUT2D eigenvalue weighted by Gasteiger charge is -2.44. The van der Waals surface area contributed by atoms with Gasteiger partial charge in [-0.2, -0.15) is 0 Å². The quantitative estimate of drug-likeness (QED) is 0.333. The molecule has 2 aliphatic carbocycles. The number of hydrogen-bond donors (Lipinski definition) is 0. The van der Waals surface area contributed by atoms with Crippen LogP contribution in [-0.4, -0.2) is 0 Å². The summed E-state index contributed by atoms with van der Waals surface area (Å²) in [4.78, 5) is 4.72. The van der Waals surface area contributed by atoms with E-state index in [1.165, 1.54) is 20.5 Å². The number of benzene rings is 2. The minimum absolute atomic E-state index is 0.515. The van der Waals surface area contributed by atoms with Crippen molar-refractivity contribution in [1.29, 1.82) is 0 Å². The molecule has 0 saturated carbocycles. The van der Waals surface area contributed by atoms with E-state index in [4.69, 9.17) is 0 Å². The average Bonchev–Trinajstić information content (AvgIpc) is 3.14. The fourth-order valence-electron chi connectivity index (χ4n) is 6.19. The van der Waals surface area contributed by atoms with Gasteiger partial charge in [0.1, 0.15) is 0 Å². The lowest BCUT2D eigenvalue weighted by molar-refractivity contribution is 0.560. The molecular formula is C27H26S2. The molecule has 3 aromatic rings. The van der Waals surface area contributed by atoms with Gasteiger partial charge in [0.15, 0.2) is 0 Å². The van der Waals surface area contributed by atoms with E-state index in [9.17, 15) is 0 Å². The molecule has 0 nitrogen and oxygen atoms in total. The smallest absolute Gasteiger partial charge is 0.0348 e. The van der Waals surface area contributed by atoms with Crippen LogP contribution in [0.25, 0.3) is 10.1 Å². The maximum Gasteiger partial charge on any atom is 0.0348 e. The Balaban J connectivity index is 1.52. The molecule has 2 heterocycles. The standard InChI is InChI=1S/C27H26S2/c1-14-20-13-18-9-5-7-11-21(18)28-26(20)16(3)24-17(4)27-25(15(2)23(14)24)19-10-6-8-12-22(19)29-27/h5-12,14-17H,13H2,1-4H3. The molecule has 0 fully saturated rings. The maximum absolute atomic E-state index is 2.48. The highest BCUT2D eigenvalue weighted by Gasteiger charge is 2.43. The molecule has 0 amide bonds. The summed E-state index contributed by atoms with van der Waals surface area (Å²) < 4.78 is 1.45. The normalized spacial score (nSPS) is 28.1. The summed E-state index contributed by atoms with van der Waals surface area (Å²) in [5, 5.41) is 1.49. The highest BCUT2D eigenvalue weighted by atomic mass is 32.2. The van der Waals surface area contributed by atoms with Gasteiger partial charge >= 0.3 is 0 Å². The van der Waals surface area contributed by atoms with Crippen LogP contribution in [0.5, 0.6) is 0 Å². The second-order valence-corrected chi connectivity index (χ2v) is 11.1. The van der Waals surface area contributed by atoms with Gasteiger partial charge in [-0.3, -0.25) is 0 Å². The van der Waals surface area contributed by atoms with Crippen molar-refractivity contribution >= 4 is 33.2 Å². The summed E-state index contributed by atoms with van der Waals surface area (Å²) in [6, 6.07) is 18.1. The Bertz CT molecular complexity index is 1220. The van der Waals surface area contributed by atoms with Crippen LogP contribution in [-0.2, 0) is 6.42 Å². The molecule has 6 rings (SSSR count). The highest BCUT2D eigenvalue weighted by molar-refractivity contribution is 8.03. The molecule has 0 saturated heterocycles. The second-order valence-electron chi connectivity index (χ2n) is 8.95. The van der Waals surface area contributed by atoms with Crippen LogP contribution in [0.4, 0.5) is 0 Å². The Morgan fingerprint density at radius 2 is 1.48 bits per heavy atom. The van der Waals surface area contributed by atoms with Crippen LogP contribution in [0.1, 0.15) is 55.5 Å². The van der Waals surface area contributed by atoms with Crippen molar-refractivity contribution in [3.63, 3.8) is 0 Å². The summed E-state index contributed by atoms with van der Waals surface area (Å²) in [6.45, 7) is 9.89. The van der Waals surface area contributed by atoms with Crippen molar-refractivity contribution in [3.05, 3.63) is 86.2 Å². The average molecular weight is 415 g/mol. The number of thiophene rings is 1. The molecular weight excluding hydrogens is 388 g/mol. The van der Waals surface area contributed by atoms with Gasteiger partial charge in [-0.1, -0.05) is 87.0 Å². The minimum atomic E-state index is 0.515. The highest BCUT2D eigenvalue weighted by Crippen LogP contribution is 2.60. The predicted molar refractivity (Wildman–Crippen MR) is 127 cm³/mol. The third-order valence-corrected chi connectivity index (χ3v) is 10.3. The van der Waals surface area contributed by atoms with Gasteiger partial charge < -0.3 is 0 Å². The van der Waals surface area contributed by atoms with Gasteiger partial charge in [-0.05, 0) is 45.5 Å². The third-order valence-electron chi connectivity index (χ3n) is 7.49. The van der Waals surface area contributed by atoms with Crippen LogP contribution in [0.3, 0.4) is 0 Å². The maximum atomic E-state index is 2.48. The van der Waals surface area contributed by atoms with Crippen molar-refractivity contribution in [3.8, 4) is 0 Å². The first-order valence-electron chi connectivity index (χ1n) is 10.8. The first kappa shape index (κ1) is 18.0. The molecule has 3 aliphatic rings. The summed E-state index contributed by atoms with van der Waals surface area (Å²) in [5.41, 5.74) is 8.25. The molecule has 2 aromatic carbocycles. The van der Waals surface area contributed by atoms with E-state index in [0.29, 0.717) is 23.7 Å². The van der Waals surface area contributed by atoms with Crippen LogP contribution < -0.4 is 0 Å². The molecule has 0 N–H and O–H groups in total. The first-order chi connectivity index (χ1) is 14.1. The topological polar surface area (TPSA) is 0 Å². The van der Waals surface area contributed by atoms with Gasteiger partial charge in [0.25, 0.3) is 0 Å². The van der Waals surface area contributed by atoms with Crippen molar-refractivity contribution in [2.24, 2.45) is 11.8 Å². The molecule has 0 spiro atoms. The van der Waals surface area contributed by atoms with Crippen LogP contribution in [0.15, 0.2) is 75.1 Å². The number of hydrogen-bond acceptors (Lipinski definition) is 2. The van der Waals surface area contributed by atoms with Crippen LogP contribution >= 0.6 is 23.1 Å². The monoisotopic (exact) mass is 414 g/mol. The molecule has 0 radical (unpaired) electrons. The van der Waals surface area contributed by atoms with E-state index in [2.05, 4.69) is 76.2 Å². The van der Waals surface area contributed by atoms with Crippen molar-refractivity contribution in [1.82, 2.24) is 0 Å². The number of allylic oxidation sites excluding steroid dienone is 4. The van der Waals surface area contributed by atoms with Crippen LogP contribution in [0.2, 0.25) is 0 Å². The fourth-order valence-corrected chi connectivity index (χ4v) is 8.90. The van der Waals surface area contributed by atoms with Crippen molar-refractivity contribution < 1.29 is 0 Å². The first-order valence-corrected chi connectivity index (χ1v) is 12.4. The molecule has 0 bridgehead atoms. The Hall–Kier alpha value is -1.77. The Kier molecular flexibility index (Phi) is 3.96. The molecule has 2 heteroatoms. The Morgan fingerprint density at radius 3 is 2.34 bits per heavy atom. The van der Waals surface area contributed by atoms with Gasteiger partial charge in [0.2, 0.25) is 0 Å². The number of thioether (sulfide) groups is 1. The summed E-state index contributed by atoms with van der Waals surface area (Å²) in [7, 11) is 0. The van der Waals surface area contributed by atoms with Crippen molar-refractivity contribution in [2.75, 3.05) is 0 Å². The Labute approximate surface area is 181 Å². The van der Waals surface area contributed by atoms with E-state index in [0.717, 1.165) is 6.42 Å². The van der Waals surface area contributed by atoms with Gasteiger partial charge in [0, 0.05) is 38.1 Å². The van der Waals surface area contributed by atoms with Gasteiger partial charge in [-0.15, -0.1) is 11.3 Å². The second kappa shape index (κ2) is 6.36. The predicted octanol–water partition coefficient (Wildman–Crippen LogP) is 8.31. The molecule has 29 heavy (non-hydrogen) atoms. The zero-order chi connectivity index (χ0) is 19.9. The number of rotatable bonds is 0.